The summed E-state index contributed by atoms with van der Waals surface area (Å²) in [4.78, 5) is 14.6. The first-order valence-electron chi connectivity index (χ1n) is 7.21. The van der Waals surface area contributed by atoms with Gasteiger partial charge in [-0.05, 0) is 50.8 Å². The lowest BCUT2D eigenvalue weighted by Gasteiger charge is -2.18. The number of rotatable bonds is 4. The van der Waals surface area contributed by atoms with Crippen molar-refractivity contribution in [3.8, 4) is 5.75 Å². The summed E-state index contributed by atoms with van der Waals surface area (Å²) < 4.78 is 5.26. The van der Waals surface area contributed by atoms with Crippen molar-refractivity contribution in [1.82, 2.24) is 4.90 Å². The van der Waals surface area contributed by atoms with Crippen LogP contribution in [0.2, 0.25) is 0 Å². The van der Waals surface area contributed by atoms with Crippen LogP contribution in [-0.4, -0.2) is 31.0 Å². The second-order valence-corrected chi connectivity index (χ2v) is 5.51. The number of hydrogen-bond donors (Lipinski definition) is 0. The highest BCUT2D eigenvalue weighted by molar-refractivity contribution is 5.96. The summed E-state index contributed by atoms with van der Waals surface area (Å²) in [5, 5.41) is 0. The lowest BCUT2D eigenvalue weighted by Crippen LogP contribution is -2.28. The van der Waals surface area contributed by atoms with E-state index in [2.05, 4.69) is 19.9 Å². The molecular weight excluding hydrogens is 250 g/mol. The minimum Gasteiger partial charge on any atom is -0.497 e. The topological polar surface area (TPSA) is 29.5 Å². The van der Waals surface area contributed by atoms with E-state index in [0.717, 1.165) is 49.2 Å². The van der Waals surface area contributed by atoms with Gasteiger partial charge in [0.2, 0.25) is 0 Å². The monoisotopic (exact) mass is 273 g/mol. The zero-order chi connectivity index (χ0) is 14.5. The molecule has 0 aliphatic carbocycles. The van der Waals surface area contributed by atoms with E-state index in [4.69, 9.17) is 4.74 Å². The van der Waals surface area contributed by atoms with Crippen molar-refractivity contribution in [1.29, 1.82) is 0 Å². The Morgan fingerprint density at radius 2 is 2.00 bits per heavy atom. The molecule has 0 saturated carbocycles. The quantitative estimate of drug-likeness (QED) is 0.786. The Labute approximate surface area is 121 Å². The van der Waals surface area contributed by atoms with Crippen LogP contribution in [0.4, 0.5) is 0 Å². The van der Waals surface area contributed by atoms with Crippen LogP contribution in [0.5, 0.6) is 5.75 Å². The molecule has 1 saturated heterocycles. The molecule has 0 spiro atoms. The minimum atomic E-state index is 0.138. The van der Waals surface area contributed by atoms with Crippen LogP contribution in [0.1, 0.15) is 42.6 Å². The molecule has 1 fully saturated rings. The highest BCUT2D eigenvalue weighted by Gasteiger charge is 2.22. The molecule has 1 heterocycles. The number of nitrogens with zero attached hydrogens (tertiary/aromatic N) is 1. The van der Waals surface area contributed by atoms with Crippen molar-refractivity contribution in [2.45, 2.75) is 33.1 Å². The van der Waals surface area contributed by atoms with E-state index >= 15 is 0 Å². The van der Waals surface area contributed by atoms with E-state index in [1.54, 1.807) is 7.11 Å². The molecule has 108 valence electrons. The molecule has 0 bridgehead atoms. The molecule has 1 aliphatic heterocycles. The smallest absolute Gasteiger partial charge is 0.254 e. The van der Waals surface area contributed by atoms with Gasteiger partial charge in [0.05, 0.1) is 7.11 Å². The SMILES string of the molecule is COc1ccc(CC=C(C)C)c(C(=O)N2CCCC2)c1. The second-order valence-electron chi connectivity index (χ2n) is 5.51. The number of benzene rings is 1. The second kappa shape index (κ2) is 6.60. The lowest BCUT2D eigenvalue weighted by atomic mass is 10.0. The zero-order valence-corrected chi connectivity index (χ0v) is 12.6. The molecule has 1 aliphatic rings. The third-order valence-electron chi connectivity index (χ3n) is 3.67. The molecule has 3 nitrogen and oxygen atoms in total. The van der Waals surface area contributed by atoms with E-state index in [-0.39, 0.29) is 5.91 Å². The average molecular weight is 273 g/mol. The van der Waals surface area contributed by atoms with Crippen LogP contribution >= 0.6 is 0 Å². The summed E-state index contributed by atoms with van der Waals surface area (Å²) in [5.41, 5.74) is 3.12. The Balaban J connectivity index is 2.31. The number of carbonyl (C=O) groups excluding carboxylic acids is 1. The standard InChI is InChI=1S/C17H23NO2/c1-13(2)6-7-14-8-9-15(20-3)12-16(14)17(19)18-10-4-5-11-18/h6,8-9,12H,4-5,7,10-11H2,1-3H3. The van der Waals surface area contributed by atoms with Gasteiger partial charge in [0.15, 0.2) is 0 Å². The molecule has 3 heteroatoms. The normalized spacial score (nSPS) is 14.2. The maximum absolute atomic E-state index is 12.6. The average Bonchev–Trinajstić information content (AvgIpc) is 2.98. The molecule has 20 heavy (non-hydrogen) atoms. The van der Waals surface area contributed by atoms with Crippen LogP contribution in [0.15, 0.2) is 29.8 Å². The Morgan fingerprint density at radius 3 is 2.60 bits per heavy atom. The molecule has 0 N–H and O–H groups in total. The van der Waals surface area contributed by atoms with E-state index in [0.29, 0.717) is 0 Å². The summed E-state index contributed by atoms with van der Waals surface area (Å²) in [6, 6.07) is 5.80. The fourth-order valence-corrected chi connectivity index (χ4v) is 2.46. The highest BCUT2D eigenvalue weighted by atomic mass is 16.5. The number of carbonyl (C=O) groups is 1. The van der Waals surface area contributed by atoms with Gasteiger partial charge in [0, 0.05) is 18.7 Å². The Hall–Kier alpha value is -1.77. The Morgan fingerprint density at radius 1 is 1.30 bits per heavy atom. The largest absolute Gasteiger partial charge is 0.497 e. The molecule has 0 radical (unpaired) electrons. The van der Waals surface area contributed by atoms with Gasteiger partial charge >= 0.3 is 0 Å². The molecule has 0 atom stereocenters. The van der Waals surface area contributed by atoms with Crippen molar-refractivity contribution < 1.29 is 9.53 Å². The van der Waals surface area contributed by atoms with Gasteiger partial charge in [0.1, 0.15) is 5.75 Å². The summed E-state index contributed by atoms with van der Waals surface area (Å²) in [6.45, 7) is 5.90. The summed E-state index contributed by atoms with van der Waals surface area (Å²) in [5.74, 6) is 0.882. The highest BCUT2D eigenvalue weighted by Crippen LogP contribution is 2.22. The number of likely N-dealkylation sites (tertiary alicyclic amines) is 1. The first-order chi connectivity index (χ1) is 9.61. The van der Waals surface area contributed by atoms with Crippen molar-refractivity contribution in [2.24, 2.45) is 0 Å². The third kappa shape index (κ3) is 3.41. The first kappa shape index (κ1) is 14.6. The maximum atomic E-state index is 12.6. The molecule has 1 aromatic carbocycles. The van der Waals surface area contributed by atoms with Gasteiger partial charge < -0.3 is 9.64 Å². The van der Waals surface area contributed by atoms with Gasteiger partial charge in [-0.1, -0.05) is 17.7 Å². The Bertz CT molecular complexity index is 510. The number of amides is 1. The zero-order valence-electron chi connectivity index (χ0n) is 12.6. The molecule has 0 unspecified atom stereocenters. The number of ether oxygens (including phenoxy) is 1. The predicted molar refractivity (Wildman–Crippen MR) is 81.3 cm³/mol. The van der Waals surface area contributed by atoms with E-state index in [9.17, 15) is 4.79 Å². The fourth-order valence-electron chi connectivity index (χ4n) is 2.46. The molecule has 1 aromatic rings. The van der Waals surface area contributed by atoms with E-state index in [1.807, 2.05) is 23.1 Å². The van der Waals surface area contributed by atoms with Gasteiger partial charge in [-0.2, -0.15) is 0 Å². The number of allylic oxidation sites excluding steroid dienone is 2. The molecule has 2 rings (SSSR count). The Kier molecular flexibility index (Phi) is 4.83. The molecule has 1 amide bonds. The van der Waals surface area contributed by atoms with E-state index in [1.165, 1.54) is 5.57 Å². The van der Waals surface area contributed by atoms with Crippen LogP contribution in [0.3, 0.4) is 0 Å². The summed E-state index contributed by atoms with van der Waals surface area (Å²) >= 11 is 0. The van der Waals surface area contributed by atoms with Crippen molar-refractivity contribution in [2.75, 3.05) is 20.2 Å². The van der Waals surface area contributed by atoms with Gasteiger partial charge in [-0.3, -0.25) is 4.79 Å². The van der Waals surface area contributed by atoms with Crippen LogP contribution in [0, 0.1) is 0 Å². The third-order valence-corrected chi connectivity index (χ3v) is 3.67. The predicted octanol–water partition coefficient (Wildman–Crippen LogP) is 3.44. The summed E-state index contributed by atoms with van der Waals surface area (Å²) in [6.07, 6.45) is 5.17. The van der Waals surface area contributed by atoms with E-state index < -0.39 is 0 Å². The van der Waals surface area contributed by atoms with Crippen molar-refractivity contribution >= 4 is 5.91 Å². The molecular formula is C17H23NO2. The lowest BCUT2D eigenvalue weighted by molar-refractivity contribution is 0.0791. The minimum absolute atomic E-state index is 0.138. The van der Waals surface area contributed by atoms with Gasteiger partial charge in [0.25, 0.3) is 5.91 Å². The van der Waals surface area contributed by atoms with Crippen molar-refractivity contribution in [3.63, 3.8) is 0 Å². The number of hydrogen-bond acceptors (Lipinski definition) is 2. The first-order valence-corrected chi connectivity index (χ1v) is 7.21. The van der Waals surface area contributed by atoms with Crippen molar-refractivity contribution in [3.05, 3.63) is 41.0 Å². The maximum Gasteiger partial charge on any atom is 0.254 e. The van der Waals surface area contributed by atoms with Crippen LogP contribution in [0.25, 0.3) is 0 Å². The van der Waals surface area contributed by atoms with Gasteiger partial charge in [-0.25, -0.2) is 0 Å². The summed E-state index contributed by atoms with van der Waals surface area (Å²) in [7, 11) is 1.63. The molecule has 0 aromatic heterocycles. The van der Waals surface area contributed by atoms with Crippen LogP contribution in [-0.2, 0) is 6.42 Å². The number of methoxy groups -OCH3 is 1. The fraction of sp³-hybridized carbons (Fsp3) is 0.471. The van der Waals surface area contributed by atoms with Gasteiger partial charge in [-0.15, -0.1) is 0 Å². The van der Waals surface area contributed by atoms with Crippen LogP contribution < -0.4 is 4.74 Å².